The second kappa shape index (κ2) is 4.75. The number of anilines is 1. The molecule has 6 heteroatoms. The molecule has 6 nitrogen and oxygen atoms in total. The third kappa shape index (κ3) is 2.76. The Morgan fingerprint density at radius 3 is 2.65 bits per heavy atom. The Bertz CT molecular complexity index is 394. The maximum absolute atomic E-state index is 12.0. The van der Waals surface area contributed by atoms with Gasteiger partial charge in [-0.3, -0.25) is 10.00 Å². The van der Waals surface area contributed by atoms with Crippen molar-refractivity contribution in [2.24, 2.45) is 7.05 Å². The van der Waals surface area contributed by atoms with Crippen LogP contribution in [-0.2, 0) is 11.8 Å². The SMILES string of the molecule is CC1CN(C(=O)Nc2ccnn2C)CC(C)O1. The minimum absolute atomic E-state index is 0.0797. The van der Waals surface area contributed by atoms with E-state index in [0.717, 1.165) is 0 Å². The summed E-state index contributed by atoms with van der Waals surface area (Å²) in [5.74, 6) is 0.696. The third-order valence-corrected chi connectivity index (χ3v) is 2.76. The number of hydrogen-bond acceptors (Lipinski definition) is 3. The molecule has 2 rings (SSSR count). The number of rotatable bonds is 1. The number of nitrogens with zero attached hydrogens (tertiary/aromatic N) is 3. The van der Waals surface area contributed by atoms with Gasteiger partial charge in [0.2, 0.25) is 0 Å². The average Bonchev–Trinajstić information content (AvgIpc) is 2.63. The quantitative estimate of drug-likeness (QED) is 0.796. The highest BCUT2D eigenvalue weighted by Crippen LogP contribution is 2.12. The van der Waals surface area contributed by atoms with E-state index in [0.29, 0.717) is 18.9 Å². The third-order valence-electron chi connectivity index (χ3n) is 2.76. The van der Waals surface area contributed by atoms with Crippen molar-refractivity contribution in [1.29, 1.82) is 0 Å². The fraction of sp³-hybridized carbons (Fsp3) is 0.636. The molecule has 1 aliphatic rings. The number of urea groups is 1. The predicted octanol–water partition coefficient (Wildman–Crippen LogP) is 1.06. The Kier molecular flexibility index (Phi) is 3.33. The number of aromatic nitrogens is 2. The second-order valence-corrected chi connectivity index (χ2v) is 4.43. The van der Waals surface area contributed by atoms with Gasteiger partial charge in [-0.2, -0.15) is 5.10 Å². The summed E-state index contributed by atoms with van der Waals surface area (Å²) in [4.78, 5) is 13.8. The molecule has 0 bridgehead atoms. The van der Waals surface area contributed by atoms with Crippen molar-refractivity contribution in [3.8, 4) is 0 Å². The summed E-state index contributed by atoms with van der Waals surface area (Å²) in [5, 5.41) is 6.84. The van der Waals surface area contributed by atoms with Crippen LogP contribution in [0, 0.1) is 0 Å². The molecule has 1 saturated heterocycles. The van der Waals surface area contributed by atoms with Gasteiger partial charge in [0.15, 0.2) is 0 Å². The van der Waals surface area contributed by atoms with Crippen molar-refractivity contribution in [1.82, 2.24) is 14.7 Å². The molecule has 2 amide bonds. The smallest absolute Gasteiger partial charge is 0.323 e. The van der Waals surface area contributed by atoms with Crippen molar-refractivity contribution in [2.75, 3.05) is 18.4 Å². The molecule has 17 heavy (non-hydrogen) atoms. The molecular formula is C11H18N4O2. The fourth-order valence-electron chi connectivity index (χ4n) is 2.03. The average molecular weight is 238 g/mol. The van der Waals surface area contributed by atoms with E-state index in [4.69, 9.17) is 4.74 Å². The highest BCUT2D eigenvalue weighted by molar-refractivity contribution is 5.88. The van der Waals surface area contributed by atoms with Gasteiger partial charge < -0.3 is 9.64 Å². The molecule has 0 radical (unpaired) electrons. The molecule has 1 aromatic rings. The first-order valence-corrected chi connectivity index (χ1v) is 5.75. The van der Waals surface area contributed by atoms with Gasteiger partial charge in [0.1, 0.15) is 5.82 Å². The fourth-order valence-corrected chi connectivity index (χ4v) is 2.03. The Morgan fingerprint density at radius 1 is 1.47 bits per heavy atom. The van der Waals surface area contributed by atoms with Crippen LogP contribution in [0.25, 0.3) is 0 Å². The van der Waals surface area contributed by atoms with Gasteiger partial charge in [0.05, 0.1) is 18.4 Å². The summed E-state index contributed by atoms with van der Waals surface area (Å²) in [7, 11) is 1.79. The van der Waals surface area contributed by atoms with Gasteiger partial charge in [-0.15, -0.1) is 0 Å². The molecule has 1 aliphatic heterocycles. The van der Waals surface area contributed by atoms with Crippen molar-refractivity contribution in [2.45, 2.75) is 26.1 Å². The molecular weight excluding hydrogens is 220 g/mol. The van der Waals surface area contributed by atoms with E-state index in [1.807, 2.05) is 13.8 Å². The van der Waals surface area contributed by atoms with E-state index in [9.17, 15) is 4.79 Å². The predicted molar refractivity (Wildman–Crippen MR) is 63.8 cm³/mol. The number of carbonyl (C=O) groups excluding carboxylic acids is 1. The number of hydrogen-bond donors (Lipinski definition) is 1. The van der Waals surface area contributed by atoms with Crippen molar-refractivity contribution in [3.63, 3.8) is 0 Å². The molecule has 1 fully saturated rings. The van der Waals surface area contributed by atoms with E-state index in [2.05, 4.69) is 10.4 Å². The monoisotopic (exact) mass is 238 g/mol. The number of carbonyl (C=O) groups is 1. The van der Waals surface area contributed by atoms with Crippen LogP contribution in [0.4, 0.5) is 10.6 Å². The van der Waals surface area contributed by atoms with Crippen LogP contribution in [0.2, 0.25) is 0 Å². The molecule has 2 unspecified atom stereocenters. The lowest BCUT2D eigenvalue weighted by molar-refractivity contribution is -0.0530. The normalized spacial score (nSPS) is 24.8. The van der Waals surface area contributed by atoms with Gasteiger partial charge >= 0.3 is 6.03 Å². The van der Waals surface area contributed by atoms with Crippen LogP contribution in [-0.4, -0.2) is 46.0 Å². The maximum Gasteiger partial charge on any atom is 0.323 e. The second-order valence-electron chi connectivity index (χ2n) is 4.43. The molecule has 2 heterocycles. The maximum atomic E-state index is 12.0. The van der Waals surface area contributed by atoms with Crippen LogP contribution < -0.4 is 5.32 Å². The first-order chi connectivity index (χ1) is 8.06. The first kappa shape index (κ1) is 11.9. The Balaban J connectivity index is 1.98. The topological polar surface area (TPSA) is 59.4 Å². The summed E-state index contributed by atoms with van der Waals surface area (Å²) in [5.41, 5.74) is 0. The summed E-state index contributed by atoms with van der Waals surface area (Å²) in [6.07, 6.45) is 1.81. The molecule has 1 aromatic heterocycles. The zero-order chi connectivity index (χ0) is 12.4. The number of morpholine rings is 1. The van der Waals surface area contributed by atoms with Gasteiger partial charge in [-0.05, 0) is 13.8 Å². The molecule has 0 aliphatic carbocycles. The Hall–Kier alpha value is -1.56. The van der Waals surface area contributed by atoms with Gasteiger partial charge in [0, 0.05) is 26.2 Å². The van der Waals surface area contributed by atoms with Gasteiger partial charge in [-0.25, -0.2) is 4.79 Å². The summed E-state index contributed by atoms with van der Waals surface area (Å²) < 4.78 is 7.22. The Morgan fingerprint density at radius 2 is 2.12 bits per heavy atom. The molecule has 1 N–H and O–H groups in total. The minimum atomic E-state index is -0.101. The zero-order valence-electron chi connectivity index (χ0n) is 10.4. The van der Waals surface area contributed by atoms with Crippen LogP contribution in [0.5, 0.6) is 0 Å². The minimum Gasteiger partial charge on any atom is -0.372 e. The lowest BCUT2D eigenvalue weighted by atomic mass is 10.2. The van der Waals surface area contributed by atoms with Crippen molar-refractivity contribution < 1.29 is 9.53 Å². The van der Waals surface area contributed by atoms with Crippen LogP contribution in [0.3, 0.4) is 0 Å². The summed E-state index contributed by atoms with van der Waals surface area (Å²) in [6, 6.07) is 1.67. The van der Waals surface area contributed by atoms with Crippen LogP contribution >= 0.6 is 0 Å². The van der Waals surface area contributed by atoms with Crippen LogP contribution in [0.1, 0.15) is 13.8 Å². The molecule has 0 spiro atoms. The summed E-state index contributed by atoms with van der Waals surface area (Å²) in [6.45, 7) is 5.18. The van der Waals surface area contributed by atoms with E-state index in [1.54, 1.807) is 28.9 Å². The molecule has 0 saturated carbocycles. The highest BCUT2D eigenvalue weighted by atomic mass is 16.5. The Labute approximate surface area is 101 Å². The zero-order valence-corrected chi connectivity index (χ0v) is 10.4. The van der Waals surface area contributed by atoms with E-state index < -0.39 is 0 Å². The standard InChI is InChI=1S/C11H18N4O2/c1-8-6-15(7-9(2)17-8)11(16)13-10-4-5-12-14(10)3/h4-5,8-9H,6-7H2,1-3H3,(H,13,16). The van der Waals surface area contributed by atoms with Crippen molar-refractivity contribution >= 4 is 11.8 Å². The van der Waals surface area contributed by atoms with E-state index in [1.165, 1.54) is 0 Å². The van der Waals surface area contributed by atoms with Crippen molar-refractivity contribution in [3.05, 3.63) is 12.3 Å². The van der Waals surface area contributed by atoms with Crippen LogP contribution in [0.15, 0.2) is 12.3 Å². The molecule has 0 aromatic carbocycles. The lowest BCUT2D eigenvalue weighted by Crippen LogP contribution is -2.49. The largest absolute Gasteiger partial charge is 0.372 e. The first-order valence-electron chi connectivity index (χ1n) is 5.75. The number of amides is 2. The summed E-state index contributed by atoms with van der Waals surface area (Å²) >= 11 is 0. The van der Waals surface area contributed by atoms with Gasteiger partial charge in [0.25, 0.3) is 0 Å². The highest BCUT2D eigenvalue weighted by Gasteiger charge is 2.26. The number of aryl methyl sites for hydroxylation is 1. The number of ether oxygens (including phenoxy) is 1. The lowest BCUT2D eigenvalue weighted by Gasteiger charge is -2.35. The number of nitrogens with one attached hydrogen (secondary N) is 1. The molecule has 94 valence electrons. The van der Waals surface area contributed by atoms with E-state index >= 15 is 0 Å². The molecule has 2 atom stereocenters. The van der Waals surface area contributed by atoms with E-state index in [-0.39, 0.29) is 18.2 Å². The van der Waals surface area contributed by atoms with Gasteiger partial charge in [-0.1, -0.05) is 0 Å².